The molecule has 1 aromatic heterocycles. The van der Waals surface area contributed by atoms with Crippen molar-refractivity contribution in [2.75, 3.05) is 13.7 Å². The molecule has 0 radical (unpaired) electrons. The molecule has 118 valence electrons. The van der Waals surface area contributed by atoms with E-state index in [9.17, 15) is 13.5 Å². The van der Waals surface area contributed by atoms with Gasteiger partial charge in [-0.15, -0.1) is 0 Å². The maximum absolute atomic E-state index is 12.5. The Morgan fingerprint density at radius 1 is 1.36 bits per heavy atom. The van der Waals surface area contributed by atoms with Crippen molar-refractivity contribution in [3.8, 4) is 5.75 Å². The van der Waals surface area contributed by atoms with Gasteiger partial charge in [-0.05, 0) is 42.3 Å². The minimum Gasteiger partial charge on any atom is -0.497 e. The van der Waals surface area contributed by atoms with Gasteiger partial charge in [-0.25, -0.2) is 13.1 Å². The van der Waals surface area contributed by atoms with Crippen LogP contribution in [0.4, 0.5) is 0 Å². The van der Waals surface area contributed by atoms with Crippen LogP contribution in [0.1, 0.15) is 17.2 Å². The molecule has 22 heavy (non-hydrogen) atoms. The summed E-state index contributed by atoms with van der Waals surface area (Å²) in [4.78, 5) is 4.08. The minimum atomic E-state index is -3.77. The van der Waals surface area contributed by atoms with Gasteiger partial charge in [0, 0.05) is 12.4 Å². The number of aliphatic hydroxyl groups excluding tert-OH is 1. The number of benzene rings is 1. The lowest BCUT2D eigenvalue weighted by Gasteiger charge is -2.17. The number of aromatic nitrogens is 1. The number of aryl methyl sites for hydroxylation is 1. The standard InChI is InChI=1S/C15H18N2O4S/c1-11-8-13(21-2)5-6-15(11)22(19,20)17-14(10-18)12-4-3-7-16-9-12/h3-9,14,17-18H,10H2,1-2H3. The molecule has 0 aliphatic heterocycles. The van der Waals surface area contributed by atoms with Crippen molar-refractivity contribution in [1.29, 1.82) is 0 Å². The highest BCUT2D eigenvalue weighted by Gasteiger charge is 2.22. The third kappa shape index (κ3) is 3.62. The lowest BCUT2D eigenvalue weighted by atomic mass is 10.1. The maximum Gasteiger partial charge on any atom is 0.241 e. The second-order valence-corrected chi connectivity index (χ2v) is 6.46. The Kier molecular flexibility index (Phi) is 5.12. The second kappa shape index (κ2) is 6.87. The molecule has 0 amide bonds. The fourth-order valence-electron chi connectivity index (χ4n) is 2.09. The van der Waals surface area contributed by atoms with Gasteiger partial charge in [0.25, 0.3) is 0 Å². The number of hydrogen-bond acceptors (Lipinski definition) is 5. The van der Waals surface area contributed by atoms with E-state index in [2.05, 4.69) is 9.71 Å². The topological polar surface area (TPSA) is 88.5 Å². The van der Waals surface area contributed by atoms with Gasteiger partial charge in [0.05, 0.1) is 24.7 Å². The van der Waals surface area contributed by atoms with Gasteiger partial charge < -0.3 is 9.84 Å². The van der Waals surface area contributed by atoms with Crippen LogP contribution in [0.25, 0.3) is 0 Å². The molecule has 0 fully saturated rings. The lowest BCUT2D eigenvalue weighted by Crippen LogP contribution is -2.31. The van der Waals surface area contributed by atoms with E-state index >= 15 is 0 Å². The molecule has 6 nitrogen and oxygen atoms in total. The Morgan fingerprint density at radius 2 is 2.14 bits per heavy atom. The third-order valence-electron chi connectivity index (χ3n) is 3.24. The fraction of sp³-hybridized carbons (Fsp3) is 0.267. The molecular weight excluding hydrogens is 304 g/mol. The van der Waals surface area contributed by atoms with Crippen LogP contribution in [0.15, 0.2) is 47.6 Å². The monoisotopic (exact) mass is 322 g/mol. The number of ether oxygens (including phenoxy) is 1. The van der Waals surface area contributed by atoms with Gasteiger partial charge in [0.15, 0.2) is 0 Å². The molecule has 2 rings (SSSR count). The zero-order chi connectivity index (χ0) is 16.2. The summed E-state index contributed by atoms with van der Waals surface area (Å²) in [5, 5.41) is 9.47. The predicted octanol–water partition coefficient (Wildman–Crippen LogP) is 1.41. The quantitative estimate of drug-likeness (QED) is 0.839. The highest BCUT2D eigenvalue weighted by molar-refractivity contribution is 7.89. The Labute approximate surface area is 129 Å². The van der Waals surface area contributed by atoms with Gasteiger partial charge in [-0.3, -0.25) is 4.98 Å². The molecule has 2 aromatic rings. The number of methoxy groups -OCH3 is 1. The smallest absolute Gasteiger partial charge is 0.241 e. The van der Waals surface area contributed by atoms with Crippen LogP contribution in [-0.2, 0) is 10.0 Å². The van der Waals surface area contributed by atoms with Crippen LogP contribution in [0, 0.1) is 6.92 Å². The molecule has 1 heterocycles. The van der Waals surface area contributed by atoms with Crippen molar-refractivity contribution >= 4 is 10.0 Å². The highest BCUT2D eigenvalue weighted by Crippen LogP contribution is 2.23. The predicted molar refractivity (Wildman–Crippen MR) is 82.1 cm³/mol. The largest absolute Gasteiger partial charge is 0.497 e. The zero-order valence-corrected chi connectivity index (χ0v) is 13.2. The molecule has 0 spiro atoms. The summed E-state index contributed by atoms with van der Waals surface area (Å²) in [5.74, 6) is 0.586. The van der Waals surface area contributed by atoms with Crippen LogP contribution in [0.2, 0.25) is 0 Å². The number of hydrogen-bond donors (Lipinski definition) is 2. The number of aliphatic hydroxyl groups is 1. The molecule has 1 atom stereocenters. The van der Waals surface area contributed by atoms with E-state index in [0.29, 0.717) is 16.9 Å². The first-order valence-corrected chi connectivity index (χ1v) is 8.14. The summed E-state index contributed by atoms with van der Waals surface area (Å²) in [6.45, 7) is 1.33. The van der Waals surface area contributed by atoms with Crippen molar-refractivity contribution in [1.82, 2.24) is 9.71 Å². The number of rotatable bonds is 6. The average molecular weight is 322 g/mol. The van der Waals surface area contributed by atoms with Gasteiger partial charge in [-0.2, -0.15) is 0 Å². The number of pyridine rings is 1. The Balaban J connectivity index is 2.30. The summed E-state index contributed by atoms with van der Waals surface area (Å²) in [5.41, 5.74) is 1.16. The minimum absolute atomic E-state index is 0.149. The van der Waals surface area contributed by atoms with Crippen molar-refractivity contribution in [3.05, 3.63) is 53.9 Å². The summed E-state index contributed by atoms with van der Waals surface area (Å²) in [7, 11) is -2.25. The van der Waals surface area contributed by atoms with Gasteiger partial charge in [-0.1, -0.05) is 6.07 Å². The lowest BCUT2D eigenvalue weighted by molar-refractivity contribution is 0.258. The van der Waals surface area contributed by atoms with Crippen molar-refractivity contribution in [3.63, 3.8) is 0 Å². The first-order chi connectivity index (χ1) is 10.5. The summed E-state index contributed by atoms with van der Waals surface area (Å²) in [6, 6.07) is 7.35. The molecule has 0 saturated carbocycles. The van der Waals surface area contributed by atoms with E-state index in [-0.39, 0.29) is 11.5 Å². The van der Waals surface area contributed by atoms with E-state index in [1.165, 1.54) is 19.4 Å². The van der Waals surface area contributed by atoms with E-state index in [0.717, 1.165) is 0 Å². The van der Waals surface area contributed by atoms with Crippen molar-refractivity contribution in [2.24, 2.45) is 0 Å². The van der Waals surface area contributed by atoms with Gasteiger partial charge >= 0.3 is 0 Å². The molecule has 7 heteroatoms. The molecule has 1 aromatic carbocycles. The second-order valence-electron chi connectivity index (χ2n) is 4.77. The maximum atomic E-state index is 12.5. The first-order valence-electron chi connectivity index (χ1n) is 6.65. The number of sulfonamides is 1. The third-order valence-corrected chi connectivity index (χ3v) is 4.87. The van der Waals surface area contributed by atoms with E-state index in [4.69, 9.17) is 4.74 Å². The number of nitrogens with one attached hydrogen (secondary N) is 1. The SMILES string of the molecule is COc1ccc(S(=O)(=O)NC(CO)c2cccnc2)c(C)c1. The zero-order valence-electron chi connectivity index (χ0n) is 12.4. The first kappa shape index (κ1) is 16.4. The normalized spacial score (nSPS) is 12.9. The van der Waals surface area contributed by atoms with Crippen LogP contribution in [0.5, 0.6) is 5.75 Å². The molecule has 0 saturated heterocycles. The van der Waals surface area contributed by atoms with Crippen LogP contribution in [-0.4, -0.2) is 32.2 Å². The summed E-state index contributed by atoms with van der Waals surface area (Å²) in [6.07, 6.45) is 3.10. The van der Waals surface area contributed by atoms with Crippen molar-refractivity contribution in [2.45, 2.75) is 17.9 Å². The van der Waals surface area contributed by atoms with Crippen LogP contribution >= 0.6 is 0 Å². The molecule has 1 unspecified atom stereocenters. The summed E-state index contributed by atoms with van der Waals surface area (Å²) >= 11 is 0. The van der Waals surface area contributed by atoms with Crippen LogP contribution in [0.3, 0.4) is 0 Å². The Hall–Kier alpha value is -1.96. The molecule has 0 aliphatic rings. The Bertz CT molecular complexity index is 732. The fourth-order valence-corrected chi connectivity index (χ4v) is 3.54. The van der Waals surface area contributed by atoms with E-state index < -0.39 is 16.1 Å². The van der Waals surface area contributed by atoms with Gasteiger partial charge in [0.2, 0.25) is 10.0 Å². The Morgan fingerprint density at radius 3 is 2.68 bits per heavy atom. The van der Waals surface area contributed by atoms with Gasteiger partial charge in [0.1, 0.15) is 5.75 Å². The van der Waals surface area contributed by atoms with E-state index in [1.54, 1.807) is 37.4 Å². The van der Waals surface area contributed by atoms with Crippen LogP contribution < -0.4 is 9.46 Å². The van der Waals surface area contributed by atoms with Crippen molar-refractivity contribution < 1.29 is 18.3 Å². The highest BCUT2D eigenvalue weighted by atomic mass is 32.2. The summed E-state index contributed by atoms with van der Waals surface area (Å²) < 4.78 is 32.6. The molecule has 0 bridgehead atoms. The average Bonchev–Trinajstić information content (AvgIpc) is 2.53. The number of nitrogens with zero attached hydrogens (tertiary/aromatic N) is 1. The molecular formula is C15H18N2O4S. The molecule has 2 N–H and O–H groups in total. The molecule has 0 aliphatic carbocycles. The van der Waals surface area contributed by atoms with E-state index in [1.807, 2.05) is 0 Å².